The molecule has 0 fully saturated rings. The van der Waals surface area contributed by atoms with Crippen molar-refractivity contribution in [3.8, 4) is 0 Å². The van der Waals surface area contributed by atoms with Crippen LogP contribution in [0.5, 0.6) is 0 Å². The molecule has 0 rings (SSSR count). The number of allylic oxidation sites excluding steroid dienone is 12. The van der Waals surface area contributed by atoms with E-state index in [4.69, 9.17) is 14.2 Å². The monoisotopic (exact) mass is 771 g/mol. The molecule has 2 atom stereocenters. The minimum absolute atomic E-state index is 0.0443. The second kappa shape index (κ2) is 37.7. The highest BCUT2D eigenvalue weighted by atomic mass is 16.6. The smallest absolute Gasteiger partial charge is 0.362 e. The number of carbonyl (C=O) groups is 3. The van der Waals surface area contributed by atoms with Gasteiger partial charge in [-0.3, -0.25) is 9.59 Å². The first-order chi connectivity index (χ1) is 26.6. The van der Waals surface area contributed by atoms with Gasteiger partial charge in [0.1, 0.15) is 6.61 Å². The van der Waals surface area contributed by atoms with Gasteiger partial charge in [-0.15, -0.1) is 0 Å². The largest absolute Gasteiger partial charge is 0.477 e. The zero-order chi connectivity index (χ0) is 40.7. The number of carbonyl (C=O) groups excluding carboxylic acids is 2. The van der Waals surface area contributed by atoms with E-state index in [2.05, 4.69) is 86.8 Å². The number of hydrogen-bond acceptors (Lipinski definition) is 6. The molecule has 1 N–H and O–H groups in total. The van der Waals surface area contributed by atoms with Crippen molar-refractivity contribution in [2.45, 2.75) is 167 Å². The standard InChI is InChI=1S/C47H79NO7/c1-6-8-10-12-14-16-18-19-20-21-22-23-24-25-26-28-30-32-34-36-38-46(50)55-43(41-53-40-39-44(47(51)52)48(3,4)5)42-54-45(49)37-35-33-31-29-27-17-15-13-11-9-7-2/h8,10,13-16,19-20,22-23,25-26,43-44H,6-7,9,11-12,17-18,21,24,27-42H2,1-5H3/p+1/b10-8+,15-13+,16-14+,20-19+,23-22+,26-25+. The third-order valence-corrected chi connectivity index (χ3v) is 9.09. The Morgan fingerprint density at radius 1 is 0.564 bits per heavy atom. The number of nitrogens with zero attached hydrogens (tertiary/aromatic N) is 1. The van der Waals surface area contributed by atoms with Crippen LogP contribution in [0.15, 0.2) is 72.9 Å². The number of rotatable bonds is 37. The Bertz CT molecular complexity index is 1130. The Morgan fingerprint density at radius 3 is 1.53 bits per heavy atom. The summed E-state index contributed by atoms with van der Waals surface area (Å²) in [6.45, 7) is 4.53. The van der Waals surface area contributed by atoms with Gasteiger partial charge < -0.3 is 23.8 Å². The number of aliphatic carboxylic acids is 1. The van der Waals surface area contributed by atoms with E-state index in [1.165, 1.54) is 25.7 Å². The first-order valence-electron chi connectivity index (χ1n) is 21.5. The SMILES string of the molecule is CC/C=C/C/C=C/C/C=C/C/C=C/C/C=C/CCCCCCC(=O)OC(COCCC(C(=O)O)[N+](C)(C)C)COC(=O)CCCCCCC/C=C/CCCC. The Balaban J connectivity index is 4.42. The average molecular weight is 771 g/mol. The molecule has 0 aromatic carbocycles. The molecule has 0 aliphatic carbocycles. The number of carboxylic acid groups (broad SMARTS) is 1. The lowest BCUT2D eigenvalue weighted by molar-refractivity contribution is -0.887. The zero-order valence-corrected chi connectivity index (χ0v) is 35.6. The molecule has 55 heavy (non-hydrogen) atoms. The van der Waals surface area contributed by atoms with E-state index in [-0.39, 0.29) is 36.2 Å². The van der Waals surface area contributed by atoms with Gasteiger partial charge in [0.2, 0.25) is 0 Å². The molecule has 8 heteroatoms. The maximum atomic E-state index is 12.7. The molecule has 0 radical (unpaired) electrons. The molecule has 0 aromatic heterocycles. The van der Waals surface area contributed by atoms with E-state index in [1.54, 1.807) is 0 Å². The normalized spacial score (nSPS) is 13.7. The second-order valence-electron chi connectivity index (χ2n) is 15.2. The van der Waals surface area contributed by atoms with Gasteiger partial charge in [-0.2, -0.15) is 0 Å². The minimum Gasteiger partial charge on any atom is -0.477 e. The molecule has 0 aliphatic rings. The maximum Gasteiger partial charge on any atom is 0.362 e. The highest BCUT2D eigenvalue weighted by Gasteiger charge is 2.31. The van der Waals surface area contributed by atoms with E-state index in [1.807, 2.05) is 21.1 Å². The number of quaternary nitrogens is 1. The van der Waals surface area contributed by atoms with E-state index in [0.717, 1.165) is 96.3 Å². The van der Waals surface area contributed by atoms with Crippen molar-refractivity contribution >= 4 is 17.9 Å². The van der Waals surface area contributed by atoms with Crippen LogP contribution in [-0.2, 0) is 28.6 Å². The molecule has 314 valence electrons. The minimum atomic E-state index is -0.884. The van der Waals surface area contributed by atoms with Gasteiger partial charge in [0.25, 0.3) is 0 Å². The molecular formula is C47H80NO7+. The molecule has 0 aromatic rings. The van der Waals surface area contributed by atoms with E-state index in [0.29, 0.717) is 19.3 Å². The molecule has 0 aliphatic heterocycles. The number of hydrogen-bond donors (Lipinski definition) is 1. The highest BCUT2D eigenvalue weighted by molar-refractivity contribution is 5.72. The predicted molar refractivity (Wildman–Crippen MR) is 229 cm³/mol. The third-order valence-electron chi connectivity index (χ3n) is 9.09. The van der Waals surface area contributed by atoms with Gasteiger partial charge >= 0.3 is 17.9 Å². The zero-order valence-electron chi connectivity index (χ0n) is 35.6. The van der Waals surface area contributed by atoms with Crippen LogP contribution >= 0.6 is 0 Å². The summed E-state index contributed by atoms with van der Waals surface area (Å²) in [5.41, 5.74) is 0. The van der Waals surface area contributed by atoms with E-state index >= 15 is 0 Å². The van der Waals surface area contributed by atoms with Crippen molar-refractivity contribution in [2.75, 3.05) is 41.0 Å². The fraction of sp³-hybridized carbons (Fsp3) is 0.681. The van der Waals surface area contributed by atoms with Gasteiger partial charge in [0.15, 0.2) is 12.1 Å². The van der Waals surface area contributed by atoms with Gasteiger partial charge in [-0.1, -0.05) is 132 Å². The summed E-state index contributed by atoms with van der Waals surface area (Å²) in [6, 6.07) is -0.623. The lowest BCUT2D eigenvalue weighted by atomic mass is 10.1. The van der Waals surface area contributed by atoms with Crippen LogP contribution in [-0.4, -0.2) is 80.6 Å². The van der Waals surface area contributed by atoms with Crippen LogP contribution in [0.4, 0.5) is 0 Å². The number of carboxylic acids is 1. The molecule has 2 unspecified atom stereocenters. The average Bonchev–Trinajstić information content (AvgIpc) is 3.14. The molecule has 0 saturated heterocycles. The quantitative estimate of drug-likeness (QED) is 0.0291. The van der Waals surface area contributed by atoms with E-state index < -0.39 is 18.1 Å². The first-order valence-corrected chi connectivity index (χ1v) is 21.5. The summed E-state index contributed by atoms with van der Waals surface area (Å²) in [5.74, 6) is -1.52. The van der Waals surface area contributed by atoms with Crippen LogP contribution < -0.4 is 0 Å². The van der Waals surface area contributed by atoms with Crippen molar-refractivity contribution in [3.05, 3.63) is 72.9 Å². The molecule has 0 spiro atoms. The summed E-state index contributed by atoms with van der Waals surface area (Å²) >= 11 is 0. The van der Waals surface area contributed by atoms with Crippen molar-refractivity contribution in [2.24, 2.45) is 0 Å². The van der Waals surface area contributed by atoms with Gasteiger partial charge in [0.05, 0.1) is 34.4 Å². The van der Waals surface area contributed by atoms with Crippen LogP contribution in [0.25, 0.3) is 0 Å². The Labute approximate surface area is 336 Å². The van der Waals surface area contributed by atoms with E-state index in [9.17, 15) is 19.5 Å². The third kappa shape index (κ3) is 36.2. The van der Waals surface area contributed by atoms with Crippen LogP contribution in [0.1, 0.15) is 155 Å². The fourth-order valence-corrected chi connectivity index (χ4v) is 5.74. The number of ether oxygens (including phenoxy) is 3. The van der Waals surface area contributed by atoms with Crippen LogP contribution in [0, 0.1) is 0 Å². The van der Waals surface area contributed by atoms with Gasteiger partial charge in [-0.25, -0.2) is 4.79 Å². The maximum absolute atomic E-state index is 12.7. The summed E-state index contributed by atoms with van der Waals surface area (Å²) in [5, 5.41) is 9.61. The molecule has 0 heterocycles. The lowest BCUT2D eigenvalue weighted by Gasteiger charge is -2.31. The summed E-state index contributed by atoms with van der Waals surface area (Å²) < 4.78 is 17.2. The fourth-order valence-electron chi connectivity index (χ4n) is 5.74. The number of esters is 2. The molecule has 0 amide bonds. The summed E-state index contributed by atoms with van der Waals surface area (Å²) in [4.78, 5) is 36.9. The molecule has 0 saturated carbocycles. The van der Waals surface area contributed by atoms with Crippen molar-refractivity contribution in [3.63, 3.8) is 0 Å². The molecular weight excluding hydrogens is 691 g/mol. The topological polar surface area (TPSA) is 99.1 Å². The van der Waals surface area contributed by atoms with Crippen molar-refractivity contribution < 1.29 is 38.2 Å². The lowest BCUT2D eigenvalue weighted by Crippen LogP contribution is -2.50. The van der Waals surface area contributed by atoms with Crippen LogP contribution in [0.3, 0.4) is 0 Å². The molecule has 8 nitrogen and oxygen atoms in total. The summed E-state index contributed by atoms with van der Waals surface area (Å²) in [7, 11) is 5.50. The summed E-state index contributed by atoms with van der Waals surface area (Å²) in [6.07, 6.45) is 46.6. The Hall–Kier alpha value is -3.23. The molecule has 0 bridgehead atoms. The number of likely N-dealkylation sites (N-methyl/N-ethyl adjacent to an activating group) is 1. The second-order valence-corrected chi connectivity index (χ2v) is 15.2. The van der Waals surface area contributed by atoms with Crippen molar-refractivity contribution in [1.29, 1.82) is 0 Å². The van der Waals surface area contributed by atoms with Crippen LogP contribution in [0.2, 0.25) is 0 Å². The van der Waals surface area contributed by atoms with Crippen molar-refractivity contribution in [1.82, 2.24) is 0 Å². The van der Waals surface area contributed by atoms with Gasteiger partial charge in [-0.05, 0) is 77.0 Å². The predicted octanol–water partition coefficient (Wildman–Crippen LogP) is 11.6. The highest BCUT2D eigenvalue weighted by Crippen LogP contribution is 2.12. The number of unbranched alkanes of at least 4 members (excludes halogenated alkanes) is 11. The van der Waals surface area contributed by atoms with Gasteiger partial charge in [0, 0.05) is 19.3 Å². The first kappa shape index (κ1) is 51.8. The Morgan fingerprint density at radius 2 is 1.02 bits per heavy atom. The Kier molecular flexibility index (Phi) is 35.5.